The van der Waals surface area contributed by atoms with Gasteiger partial charge in [-0.15, -0.1) is 0 Å². The van der Waals surface area contributed by atoms with Crippen LogP contribution in [0.1, 0.15) is 71.4 Å². The minimum Gasteiger partial charge on any atom is -0.339 e. The molecule has 0 aliphatic carbocycles. The Balaban J connectivity index is 1.87. The summed E-state index contributed by atoms with van der Waals surface area (Å²) in [5, 5.41) is 0. The standard InChI is InChI=1S/C21H27N5O2/c1-4-25(5-2)21(28)17-14-23-19(24-15(17)3)18-8-6-7-13-26(18)20(27)16-9-11-22-12-10-16/h9-12,14,18H,4-8,13H2,1-3H3/t18-/m0/s1. The molecule has 1 saturated heterocycles. The molecule has 0 radical (unpaired) electrons. The zero-order valence-corrected chi connectivity index (χ0v) is 16.8. The first-order valence-corrected chi connectivity index (χ1v) is 9.90. The van der Waals surface area contributed by atoms with Crippen molar-refractivity contribution in [1.82, 2.24) is 24.8 Å². The summed E-state index contributed by atoms with van der Waals surface area (Å²) in [7, 11) is 0. The molecule has 7 nitrogen and oxygen atoms in total. The second-order valence-corrected chi connectivity index (χ2v) is 6.95. The van der Waals surface area contributed by atoms with E-state index in [-0.39, 0.29) is 17.9 Å². The van der Waals surface area contributed by atoms with Crippen LogP contribution in [0.4, 0.5) is 0 Å². The van der Waals surface area contributed by atoms with Gasteiger partial charge in [0.15, 0.2) is 5.82 Å². The molecule has 3 rings (SSSR count). The van der Waals surface area contributed by atoms with Gasteiger partial charge in [0.2, 0.25) is 0 Å². The Labute approximate surface area is 165 Å². The molecule has 0 aromatic carbocycles. The molecule has 0 saturated carbocycles. The van der Waals surface area contributed by atoms with Crippen LogP contribution in [-0.4, -0.2) is 56.2 Å². The number of pyridine rings is 1. The molecule has 0 bridgehead atoms. The number of carbonyl (C=O) groups is 2. The molecule has 1 atom stereocenters. The van der Waals surface area contributed by atoms with Crippen LogP contribution in [0.15, 0.2) is 30.7 Å². The van der Waals surface area contributed by atoms with Gasteiger partial charge in [-0.05, 0) is 52.2 Å². The smallest absolute Gasteiger partial charge is 0.257 e. The first-order chi connectivity index (χ1) is 13.6. The lowest BCUT2D eigenvalue weighted by atomic mass is 10.00. The van der Waals surface area contributed by atoms with E-state index < -0.39 is 0 Å². The second-order valence-electron chi connectivity index (χ2n) is 6.95. The number of aryl methyl sites for hydroxylation is 1. The molecule has 148 valence electrons. The summed E-state index contributed by atoms with van der Waals surface area (Å²) in [5.41, 5.74) is 1.80. The number of hydrogen-bond acceptors (Lipinski definition) is 5. The van der Waals surface area contributed by atoms with Gasteiger partial charge in [0, 0.05) is 43.8 Å². The highest BCUT2D eigenvalue weighted by molar-refractivity contribution is 5.95. The number of hydrogen-bond donors (Lipinski definition) is 0. The normalized spacial score (nSPS) is 16.7. The Kier molecular flexibility index (Phi) is 6.34. The molecular weight excluding hydrogens is 354 g/mol. The van der Waals surface area contributed by atoms with Crippen LogP contribution < -0.4 is 0 Å². The van der Waals surface area contributed by atoms with Gasteiger partial charge in [-0.25, -0.2) is 9.97 Å². The highest BCUT2D eigenvalue weighted by Crippen LogP contribution is 2.30. The summed E-state index contributed by atoms with van der Waals surface area (Å²) in [6.07, 6.45) is 7.67. The van der Waals surface area contributed by atoms with Crippen LogP contribution in [0.2, 0.25) is 0 Å². The van der Waals surface area contributed by atoms with Crippen LogP contribution in [0, 0.1) is 6.92 Å². The fourth-order valence-corrected chi connectivity index (χ4v) is 3.64. The van der Waals surface area contributed by atoms with Crippen molar-refractivity contribution in [3.8, 4) is 0 Å². The number of nitrogens with zero attached hydrogens (tertiary/aromatic N) is 5. The van der Waals surface area contributed by atoms with Gasteiger partial charge in [-0.3, -0.25) is 14.6 Å². The molecule has 2 aromatic rings. The number of rotatable bonds is 5. The zero-order chi connectivity index (χ0) is 20.1. The SMILES string of the molecule is CCN(CC)C(=O)c1cnc([C@@H]2CCCCN2C(=O)c2ccncc2)nc1C. The second kappa shape index (κ2) is 8.91. The fraction of sp³-hybridized carbons (Fsp3) is 0.476. The van der Waals surface area contributed by atoms with Crippen LogP contribution >= 0.6 is 0 Å². The van der Waals surface area contributed by atoms with Crippen molar-refractivity contribution in [3.63, 3.8) is 0 Å². The van der Waals surface area contributed by atoms with Gasteiger partial charge in [-0.1, -0.05) is 0 Å². The molecule has 3 heterocycles. The molecule has 1 aliphatic heterocycles. The predicted molar refractivity (Wildman–Crippen MR) is 106 cm³/mol. The van der Waals surface area contributed by atoms with Gasteiger partial charge in [-0.2, -0.15) is 0 Å². The van der Waals surface area contributed by atoms with Gasteiger partial charge in [0.25, 0.3) is 11.8 Å². The lowest BCUT2D eigenvalue weighted by molar-refractivity contribution is 0.0598. The van der Waals surface area contributed by atoms with Gasteiger partial charge in [0.1, 0.15) is 0 Å². The number of piperidine rings is 1. The molecule has 0 unspecified atom stereocenters. The highest BCUT2D eigenvalue weighted by Gasteiger charge is 2.31. The molecule has 2 amide bonds. The fourth-order valence-electron chi connectivity index (χ4n) is 3.64. The third-order valence-electron chi connectivity index (χ3n) is 5.27. The number of aromatic nitrogens is 3. The third-order valence-corrected chi connectivity index (χ3v) is 5.27. The van der Waals surface area contributed by atoms with Crippen molar-refractivity contribution in [2.24, 2.45) is 0 Å². The van der Waals surface area contributed by atoms with E-state index >= 15 is 0 Å². The van der Waals surface area contributed by atoms with Crippen molar-refractivity contribution in [2.75, 3.05) is 19.6 Å². The average Bonchev–Trinajstić information content (AvgIpc) is 2.74. The van der Waals surface area contributed by atoms with E-state index in [1.807, 2.05) is 25.7 Å². The molecular formula is C21H27N5O2. The molecule has 1 aliphatic rings. The van der Waals surface area contributed by atoms with E-state index in [0.29, 0.717) is 42.3 Å². The number of carbonyl (C=O) groups excluding carboxylic acids is 2. The third kappa shape index (κ3) is 4.03. The van der Waals surface area contributed by atoms with Crippen molar-refractivity contribution in [2.45, 2.75) is 46.1 Å². The van der Waals surface area contributed by atoms with Crippen LogP contribution in [0.3, 0.4) is 0 Å². The van der Waals surface area contributed by atoms with Gasteiger partial charge < -0.3 is 9.80 Å². The van der Waals surface area contributed by atoms with Gasteiger partial charge >= 0.3 is 0 Å². The molecule has 7 heteroatoms. The van der Waals surface area contributed by atoms with Gasteiger partial charge in [0.05, 0.1) is 17.3 Å². The predicted octanol–water partition coefficient (Wildman–Crippen LogP) is 3.03. The van der Waals surface area contributed by atoms with Crippen molar-refractivity contribution < 1.29 is 9.59 Å². The Bertz CT molecular complexity index is 836. The van der Waals surface area contributed by atoms with E-state index in [2.05, 4.69) is 15.0 Å². The molecule has 0 spiro atoms. The molecule has 1 fully saturated rings. The van der Waals surface area contributed by atoms with Crippen molar-refractivity contribution in [1.29, 1.82) is 0 Å². The first-order valence-electron chi connectivity index (χ1n) is 9.90. The maximum Gasteiger partial charge on any atom is 0.257 e. The number of amides is 2. The summed E-state index contributed by atoms with van der Waals surface area (Å²) in [6, 6.07) is 3.28. The molecule has 28 heavy (non-hydrogen) atoms. The van der Waals surface area contributed by atoms with Crippen molar-refractivity contribution in [3.05, 3.63) is 53.4 Å². The number of likely N-dealkylation sites (tertiary alicyclic amines) is 1. The van der Waals surface area contributed by atoms with Crippen LogP contribution in [-0.2, 0) is 0 Å². The summed E-state index contributed by atoms with van der Waals surface area (Å²) in [5.74, 6) is 0.523. The molecule has 2 aromatic heterocycles. The Morgan fingerprint density at radius 2 is 1.89 bits per heavy atom. The Morgan fingerprint density at radius 1 is 1.18 bits per heavy atom. The first kappa shape index (κ1) is 19.9. The van der Waals surface area contributed by atoms with Crippen LogP contribution in [0.5, 0.6) is 0 Å². The zero-order valence-electron chi connectivity index (χ0n) is 16.8. The average molecular weight is 381 g/mol. The van der Waals surface area contributed by atoms with E-state index in [1.165, 1.54) is 0 Å². The minimum absolute atomic E-state index is 0.0309. The van der Waals surface area contributed by atoms with E-state index in [1.54, 1.807) is 35.6 Å². The van der Waals surface area contributed by atoms with Crippen molar-refractivity contribution >= 4 is 11.8 Å². The summed E-state index contributed by atoms with van der Waals surface area (Å²) in [4.78, 5) is 42.4. The lowest BCUT2D eigenvalue weighted by Gasteiger charge is -2.35. The van der Waals surface area contributed by atoms with E-state index in [4.69, 9.17) is 0 Å². The quantitative estimate of drug-likeness (QED) is 0.795. The van der Waals surface area contributed by atoms with Crippen LogP contribution in [0.25, 0.3) is 0 Å². The maximum atomic E-state index is 13.0. The minimum atomic E-state index is -0.175. The van der Waals surface area contributed by atoms with E-state index in [0.717, 1.165) is 19.3 Å². The van der Waals surface area contributed by atoms with E-state index in [9.17, 15) is 9.59 Å². The highest BCUT2D eigenvalue weighted by atomic mass is 16.2. The summed E-state index contributed by atoms with van der Waals surface area (Å²) >= 11 is 0. The molecule has 0 N–H and O–H groups in total. The monoisotopic (exact) mass is 381 g/mol. The maximum absolute atomic E-state index is 13.0. The Morgan fingerprint density at radius 3 is 2.54 bits per heavy atom. The largest absolute Gasteiger partial charge is 0.339 e. The lowest BCUT2D eigenvalue weighted by Crippen LogP contribution is -2.39. The Hall–Kier alpha value is -2.83. The summed E-state index contributed by atoms with van der Waals surface area (Å²) in [6.45, 7) is 7.71. The topological polar surface area (TPSA) is 79.3 Å². The summed E-state index contributed by atoms with van der Waals surface area (Å²) < 4.78 is 0.